The first-order valence-electron chi connectivity index (χ1n) is 19.4. The summed E-state index contributed by atoms with van der Waals surface area (Å²) >= 11 is 0. The molecule has 0 amide bonds. The Labute approximate surface area is 294 Å². The Morgan fingerprint density at radius 1 is 0.479 bits per heavy atom. The average molecular weight is 665 g/mol. The molecule has 0 saturated carbocycles. The zero-order valence-electron chi connectivity index (χ0n) is 31.1. The number of carbonyl (C=O) groups is 2. The zero-order chi connectivity index (χ0) is 34.7. The molecule has 0 unspecified atom stereocenters. The van der Waals surface area contributed by atoms with Gasteiger partial charge in [-0.05, 0) is 86.2 Å². The normalized spacial score (nSPS) is 11.4. The van der Waals surface area contributed by atoms with Gasteiger partial charge in [0.25, 0.3) is 0 Å². The lowest BCUT2D eigenvalue weighted by atomic mass is 10.0. The number of nitrogens with zero attached hydrogens (tertiary/aromatic N) is 2. The van der Waals surface area contributed by atoms with Crippen molar-refractivity contribution in [1.82, 2.24) is 9.80 Å². The van der Waals surface area contributed by atoms with Crippen molar-refractivity contribution in [3.05, 3.63) is 59.7 Å². The second-order valence-electron chi connectivity index (χ2n) is 13.5. The Balaban J connectivity index is 1.90. The number of ether oxygens (including phenoxy) is 2. The fourth-order valence-corrected chi connectivity index (χ4v) is 6.05. The average Bonchev–Trinajstić information content (AvgIpc) is 3.10. The van der Waals surface area contributed by atoms with Crippen LogP contribution in [0.1, 0.15) is 142 Å². The minimum Gasteiger partial charge on any atom is -0.460 e. The minimum absolute atomic E-state index is 0.157. The highest BCUT2D eigenvalue weighted by molar-refractivity contribution is 5.72. The predicted molar refractivity (Wildman–Crippen MR) is 201 cm³/mol. The molecule has 0 aliphatic rings. The van der Waals surface area contributed by atoms with E-state index in [0.717, 1.165) is 74.1 Å². The lowest BCUT2D eigenvalue weighted by Crippen LogP contribution is -2.32. The summed E-state index contributed by atoms with van der Waals surface area (Å²) in [6.45, 7) is 14.0. The van der Waals surface area contributed by atoms with Crippen LogP contribution in [0.25, 0.3) is 11.1 Å². The third-order valence-electron chi connectivity index (χ3n) is 9.00. The molecule has 2 aromatic rings. The highest BCUT2D eigenvalue weighted by Gasteiger charge is 2.14. The molecule has 0 saturated heterocycles. The van der Waals surface area contributed by atoms with E-state index >= 15 is 0 Å². The van der Waals surface area contributed by atoms with Crippen molar-refractivity contribution >= 4 is 11.9 Å². The van der Waals surface area contributed by atoms with E-state index in [1.54, 1.807) is 0 Å². The molecule has 2 rings (SSSR count). The van der Waals surface area contributed by atoms with Gasteiger partial charge < -0.3 is 9.47 Å². The van der Waals surface area contributed by atoms with Crippen molar-refractivity contribution in [3.63, 3.8) is 0 Å². The van der Waals surface area contributed by atoms with Crippen molar-refractivity contribution in [2.45, 2.75) is 144 Å². The lowest BCUT2D eigenvalue weighted by Gasteiger charge is -2.21. The van der Waals surface area contributed by atoms with E-state index in [1.165, 1.54) is 77.0 Å². The summed E-state index contributed by atoms with van der Waals surface area (Å²) in [5.74, 6) is -0.314. The van der Waals surface area contributed by atoms with Crippen molar-refractivity contribution in [3.8, 4) is 11.1 Å². The van der Waals surface area contributed by atoms with Gasteiger partial charge >= 0.3 is 11.9 Å². The van der Waals surface area contributed by atoms with Crippen LogP contribution >= 0.6 is 0 Å². The first-order chi connectivity index (χ1) is 23.5. The van der Waals surface area contributed by atoms with Gasteiger partial charge in [-0.3, -0.25) is 19.4 Å². The molecule has 6 heteroatoms. The molecule has 0 radical (unpaired) electrons. The largest absolute Gasteiger partial charge is 0.460 e. The summed E-state index contributed by atoms with van der Waals surface area (Å²) in [5.41, 5.74) is 4.03. The van der Waals surface area contributed by atoms with Crippen LogP contribution in [-0.2, 0) is 32.3 Å². The van der Waals surface area contributed by atoms with E-state index in [0.29, 0.717) is 13.1 Å². The maximum atomic E-state index is 12.8. The van der Waals surface area contributed by atoms with Gasteiger partial charge in [-0.15, -0.1) is 0 Å². The van der Waals surface area contributed by atoms with Gasteiger partial charge in [0.15, 0.2) is 0 Å². The molecule has 6 nitrogen and oxygen atoms in total. The molecular weight excluding hydrogens is 596 g/mol. The molecule has 0 bridgehead atoms. The van der Waals surface area contributed by atoms with Crippen molar-refractivity contribution in [1.29, 1.82) is 0 Å². The van der Waals surface area contributed by atoms with Crippen LogP contribution in [0.4, 0.5) is 0 Å². The molecular formula is C42H68N2O4. The van der Waals surface area contributed by atoms with Gasteiger partial charge in [0.2, 0.25) is 0 Å². The number of esters is 2. The molecule has 2 aromatic carbocycles. The smallest absolute Gasteiger partial charge is 0.320 e. The summed E-state index contributed by atoms with van der Waals surface area (Å²) in [6.07, 6.45) is 19.2. The van der Waals surface area contributed by atoms with E-state index in [9.17, 15) is 9.59 Å². The van der Waals surface area contributed by atoms with Crippen LogP contribution in [-0.4, -0.2) is 61.0 Å². The summed E-state index contributed by atoms with van der Waals surface area (Å²) in [7, 11) is 0. The molecule has 0 aliphatic carbocycles. The topological polar surface area (TPSA) is 59.1 Å². The van der Waals surface area contributed by atoms with Crippen LogP contribution in [0.5, 0.6) is 0 Å². The highest BCUT2D eigenvalue weighted by atomic mass is 16.5. The fourth-order valence-electron chi connectivity index (χ4n) is 6.05. The Morgan fingerprint density at radius 3 is 1.12 bits per heavy atom. The Bertz CT molecular complexity index is 1010. The zero-order valence-corrected chi connectivity index (χ0v) is 31.1. The monoisotopic (exact) mass is 665 g/mol. The number of hydrogen-bond acceptors (Lipinski definition) is 6. The number of rotatable bonds is 29. The molecule has 48 heavy (non-hydrogen) atoms. The molecule has 270 valence electrons. The summed E-state index contributed by atoms with van der Waals surface area (Å²) < 4.78 is 11.5. The maximum Gasteiger partial charge on any atom is 0.320 e. The van der Waals surface area contributed by atoms with Crippen LogP contribution < -0.4 is 0 Å². The van der Waals surface area contributed by atoms with Crippen molar-refractivity contribution in [2.24, 2.45) is 0 Å². The molecule has 0 N–H and O–H groups in total. The fraction of sp³-hybridized carbons (Fsp3) is 0.667. The first-order valence-corrected chi connectivity index (χ1v) is 19.4. The molecule has 0 atom stereocenters. The second kappa shape index (κ2) is 27.2. The Kier molecular flexibility index (Phi) is 23.5. The minimum atomic E-state index is -0.157. The van der Waals surface area contributed by atoms with E-state index in [-0.39, 0.29) is 25.2 Å². The van der Waals surface area contributed by atoms with E-state index < -0.39 is 0 Å². The number of carbonyl (C=O) groups excluding carboxylic acids is 2. The van der Waals surface area contributed by atoms with Gasteiger partial charge in [0.1, 0.15) is 13.2 Å². The van der Waals surface area contributed by atoms with Gasteiger partial charge in [-0.1, -0.05) is 141 Å². The second-order valence-corrected chi connectivity index (χ2v) is 13.5. The van der Waals surface area contributed by atoms with Crippen LogP contribution in [0.15, 0.2) is 48.5 Å². The molecule has 0 heterocycles. The van der Waals surface area contributed by atoms with Crippen molar-refractivity contribution < 1.29 is 19.1 Å². The van der Waals surface area contributed by atoms with Gasteiger partial charge in [-0.25, -0.2) is 0 Å². The maximum absolute atomic E-state index is 12.8. The summed E-state index contributed by atoms with van der Waals surface area (Å²) in [5, 5.41) is 0. The third-order valence-corrected chi connectivity index (χ3v) is 9.00. The van der Waals surface area contributed by atoms with Crippen molar-refractivity contribution in [2.75, 3.05) is 39.3 Å². The number of unbranched alkanes of at least 4 members (excludes halogenated alkanes) is 12. The standard InChI is InChI=1S/C42H68N2O4/c1-5-9-13-17-27-43(28-18-14-10-6-2)33-41(45)47-35-37-23-21-25-39(31-37)40-26-22-24-38(32-40)36-48-42(46)34-44(29-19-15-11-7-3)30-20-16-12-8-4/h21-26,31-32H,5-20,27-30,33-36H2,1-4H3. The lowest BCUT2D eigenvalue weighted by molar-refractivity contribution is -0.147. The van der Waals surface area contributed by atoms with Crippen LogP contribution in [0, 0.1) is 0 Å². The highest BCUT2D eigenvalue weighted by Crippen LogP contribution is 2.23. The third kappa shape index (κ3) is 19.3. The van der Waals surface area contributed by atoms with Gasteiger partial charge in [0.05, 0.1) is 13.1 Å². The first kappa shape index (κ1) is 41.5. The van der Waals surface area contributed by atoms with Gasteiger partial charge in [-0.2, -0.15) is 0 Å². The summed E-state index contributed by atoms with van der Waals surface area (Å²) in [4.78, 5) is 30.2. The number of hydrogen-bond donors (Lipinski definition) is 0. The quantitative estimate of drug-likeness (QED) is 0.0637. The summed E-state index contributed by atoms with van der Waals surface area (Å²) in [6, 6.07) is 16.3. The Hall–Kier alpha value is -2.70. The molecule has 0 aliphatic heterocycles. The van der Waals surface area contributed by atoms with E-state index in [1.807, 2.05) is 24.3 Å². The molecule has 0 spiro atoms. The van der Waals surface area contributed by atoms with Gasteiger partial charge in [0, 0.05) is 0 Å². The van der Waals surface area contributed by atoms with E-state index in [2.05, 4.69) is 61.8 Å². The van der Waals surface area contributed by atoms with E-state index in [4.69, 9.17) is 9.47 Å². The Morgan fingerprint density at radius 2 is 0.812 bits per heavy atom. The molecule has 0 aromatic heterocycles. The van der Waals surface area contributed by atoms with Crippen LogP contribution in [0.2, 0.25) is 0 Å². The predicted octanol–water partition coefficient (Wildman–Crippen LogP) is 10.4. The van der Waals surface area contributed by atoms with Crippen LogP contribution in [0.3, 0.4) is 0 Å². The SMILES string of the molecule is CCCCCCN(CCCCCC)CC(=O)OCc1cccc(-c2cccc(COC(=O)CN(CCCCCC)CCCCCC)c2)c1. The molecule has 0 fully saturated rings. The number of benzene rings is 2.